The molecule has 2 rings (SSSR count). The number of ether oxygens (including phenoxy) is 1. The van der Waals surface area contributed by atoms with Crippen LogP contribution in [-0.2, 0) is 11.3 Å². The molecule has 1 amide bonds. The van der Waals surface area contributed by atoms with E-state index in [0.717, 1.165) is 20.9 Å². The molecule has 2 aromatic rings. The number of furan rings is 1. The number of methoxy groups -OCH3 is 1. The summed E-state index contributed by atoms with van der Waals surface area (Å²) in [6.45, 7) is 2.02. The van der Waals surface area contributed by atoms with Crippen molar-refractivity contribution in [2.45, 2.75) is 13.5 Å². The SMILES string of the molecule is COc1ccc(NC(C)=O)cc1NCc1ccc(I)o1. The van der Waals surface area contributed by atoms with E-state index in [0.29, 0.717) is 12.3 Å². The molecule has 0 aliphatic carbocycles. The molecule has 6 heteroatoms. The van der Waals surface area contributed by atoms with E-state index in [-0.39, 0.29) is 5.91 Å². The predicted octanol–water partition coefficient (Wildman–Crippen LogP) is 3.46. The van der Waals surface area contributed by atoms with Gasteiger partial charge in [-0.2, -0.15) is 0 Å². The van der Waals surface area contributed by atoms with Gasteiger partial charge in [-0.05, 0) is 52.9 Å². The van der Waals surface area contributed by atoms with Crippen LogP contribution in [0.5, 0.6) is 5.75 Å². The lowest BCUT2D eigenvalue weighted by atomic mass is 10.2. The topological polar surface area (TPSA) is 63.5 Å². The van der Waals surface area contributed by atoms with E-state index in [2.05, 4.69) is 33.2 Å². The Balaban J connectivity index is 2.13. The number of carbonyl (C=O) groups is 1. The molecule has 2 N–H and O–H groups in total. The van der Waals surface area contributed by atoms with Gasteiger partial charge in [0.2, 0.25) is 5.91 Å². The first-order valence-corrected chi connectivity index (χ1v) is 7.10. The molecule has 1 aromatic heterocycles. The van der Waals surface area contributed by atoms with Crippen molar-refractivity contribution < 1.29 is 13.9 Å². The van der Waals surface area contributed by atoms with Crippen molar-refractivity contribution in [3.63, 3.8) is 0 Å². The number of hydrogen-bond acceptors (Lipinski definition) is 4. The van der Waals surface area contributed by atoms with Crippen LogP contribution >= 0.6 is 22.6 Å². The lowest BCUT2D eigenvalue weighted by Crippen LogP contribution is -2.07. The van der Waals surface area contributed by atoms with Gasteiger partial charge in [0.25, 0.3) is 0 Å². The maximum absolute atomic E-state index is 11.1. The first-order chi connectivity index (χ1) is 9.58. The molecule has 0 radical (unpaired) electrons. The van der Waals surface area contributed by atoms with Crippen molar-refractivity contribution >= 4 is 39.9 Å². The van der Waals surface area contributed by atoms with E-state index >= 15 is 0 Å². The molecule has 1 heterocycles. The van der Waals surface area contributed by atoms with Gasteiger partial charge in [0.1, 0.15) is 11.5 Å². The number of amides is 1. The number of halogens is 1. The van der Waals surface area contributed by atoms with Gasteiger partial charge in [0.15, 0.2) is 3.77 Å². The minimum absolute atomic E-state index is 0.110. The van der Waals surface area contributed by atoms with E-state index in [4.69, 9.17) is 9.15 Å². The lowest BCUT2D eigenvalue weighted by molar-refractivity contribution is -0.114. The zero-order valence-electron chi connectivity index (χ0n) is 11.2. The van der Waals surface area contributed by atoms with E-state index in [1.54, 1.807) is 19.2 Å². The second-order valence-corrected chi connectivity index (χ2v) is 5.22. The second kappa shape index (κ2) is 6.65. The molecule has 20 heavy (non-hydrogen) atoms. The maximum atomic E-state index is 11.1. The van der Waals surface area contributed by atoms with Crippen LogP contribution in [0.15, 0.2) is 34.7 Å². The Morgan fingerprint density at radius 3 is 2.75 bits per heavy atom. The highest BCUT2D eigenvalue weighted by Crippen LogP contribution is 2.28. The maximum Gasteiger partial charge on any atom is 0.221 e. The summed E-state index contributed by atoms with van der Waals surface area (Å²) in [4.78, 5) is 11.1. The third-order valence-corrected chi connectivity index (χ3v) is 3.18. The molecule has 106 valence electrons. The Bertz CT molecular complexity index is 610. The zero-order chi connectivity index (χ0) is 14.5. The number of benzene rings is 1. The van der Waals surface area contributed by atoms with Gasteiger partial charge in [-0.3, -0.25) is 4.79 Å². The molecule has 1 aromatic carbocycles. The average Bonchev–Trinajstić information content (AvgIpc) is 2.82. The van der Waals surface area contributed by atoms with Gasteiger partial charge in [0.05, 0.1) is 19.3 Å². The molecule has 0 bridgehead atoms. The van der Waals surface area contributed by atoms with E-state index in [1.807, 2.05) is 18.2 Å². The number of rotatable bonds is 5. The minimum Gasteiger partial charge on any atom is -0.495 e. The van der Waals surface area contributed by atoms with Crippen molar-refractivity contribution in [1.82, 2.24) is 0 Å². The zero-order valence-corrected chi connectivity index (χ0v) is 13.4. The summed E-state index contributed by atoms with van der Waals surface area (Å²) in [7, 11) is 1.61. The van der Waals surface area contributed by atoms with Crippen LogP contribution in [0.4, 0.5) is 11.4 Å². The molecular formula is C14H15IN2O3. The van der Waals surface area contributed by atoms with E-state index in [1.165, 1.54) is 6.92 Å². The lowest BCUT2D eigenvalue weighted by Gasteiger charge is -2.12. The number of nitrogens with one attached hydrogen (secondary N) is 2. The quantitative estimate of drug-likeness (QED) is 0.773. The van der Waals surface area contributed by atoms with E-state index < -0.39 is 0 Å². The Morgan fingerprint density at radius 2 is 2.15 bits per heavy atom. The van der Waals surface area contributed by atoms with Crippen LogP contribution in [0.3, 0.4) is 0 Å². The molecule has 0 atom stereocenters. The summed E-state index contributed by atoms with van der Waals surface area (Å²) in [5, 5.41) is 5.97. The summed E-state index contributed by atoms with van der Waals surface area (Å²) < 4.78 is 11.6. The van der Waals surface area contributed by atoms with Gasteiger partial charge in [-0.25, -0.2) is 0 Å². The highest BCUT2D eigenvalue weighted by atomic mass is 127. The fourth-order valence-electron chi connectivity index (χ4n) is 1.76. The van der Waals surface area contributed by atoms with Gasteiger partial charge in [0, 0.05) is 12.6 Å². The van der Waals surface area contributed by atoms with Crippen LogP contribution < -0.4 is 15.4 Å². The summed E-state index contributed by atoms with van der Waals surface area (Å²) in [5.41, 5.74) is 1.51. The first kappa shape index (κ1) is 14.7. The molecule has 0 saturated heterocycles. The van der Waals surface area contributed by atoms with Crippen molar-refractivity contribution in [3.8, 4) is 5.75 Å². The number of anilines is 2. The third kappa shape index (κ3) is 3.89. The summed E-state index contributed by atoms with van der Waals surface area (Å²) in [6, 6.07) is 9.25. The van der Waals surface area contributed by atoms with Gasteiger partial charge in [-0.1, -0.05) is 0 Å². The molecule has 0 aliphatic rings. The van der Waals surface area contributed by atoms with Gasteiger partial charge >= 0.3 is 0 Å². The van der Waals surface area contributed by atoms with Crippen molar-refractivity contribution in [2.24, 2.45) is 0 Å². The molecule has 0 spiro atoms. The molecule has 5 nitrogen and oxygen atoms in total. The third-order valence-electron chi connectivity index (χ3n) is 2.60. The van der Waals surface area contributed by atoms with Crippen molar-refractivity contribution in [1.29, 1.82) is 0 Å². The Hall–Kier alpha value is -1.70. The summed E-state index contributed by atoms with van der Waals surface area (Å²) >= 11 is 2.12. The normalized spacial score (nSPS) is 10.2. The summed E-state index contributed by atoms with van der Waals surface area (Å²) in [5.74, 6) is 1.43. The van der Waals surface area contributed by atoms with Crippen LogP contribution in [-0.4, -0.2) is 13.0 Å². The highest BCUT2D eigenvalue weighted by molar-refractivity contribution is 14.1. The monoisotopic (exact) mass is 386 g/mol. The average molecular weight is 386 g/mol. The smallest absolute Gasteiger partial charge is 0.221 e. The minimum atomic E-state index is -0.110. The Morgan fingerprint density at radius 1 is 1.35 bits per heavy atom. The van der Waals surface area contributed by atoms with Crippen LogP contribution in [0, 0.1) is 3.77 Å². The molecule has 0 saturated carbocycles. The van der Waals surface area contributed by atoms with Gasteiger partial charge in [-0.15, -0.1) is 0 Å². The molecule has 0 unspecified atom stereocenters. The number of hydrogen-bond donors (Lipinski definition) is 2. The van der Waals surface area contributed by atoms with Crippen LogP contribution in [0.25, 0.3) is 0 Å². The molecular weight excluding hydrogens is 371 g/mol. The van der Waals surface area contributed by atoms with Crippen molar-refractivity contribution in [2.75, 3.05) is 17.7 Å². The number of carbonyl (C=O) groups excluding carboxylic acids is 1. The van der Waals surface area contributed by atoms with Crippen LogP contribution in [0.2, 0.25) is 0 Å². The Kier molecular flexibility index (Phi) is 4.89. The first-order valence-electron chi connectivity index (χ1n) is 6.02. The summed E-state index contributed by atoms with van der Waals surface area (Å²) in [6.07, 6.45) is 0. The fourth-order valence-corrected chi connectivity index (χ4v) is 2.22. The standard InChI is InChI=1S/C14H15IN2O3/c1-9(18)17-10-3-5-13(19-2)12(7-10)16-8-11-4-6-14(15)20-11/h3-7,16H,8H2,1-2H3,(H,17,18). The predicted molar refractivity (Wildman–Crippen MR) is 86.0 cm³/mol. The van der Waals surface area contributed by atoms with E-state index in [9.17, 15) is 4.79 Å². The molecule has 0 fully saturated rings. The van der Waals surface area contributed by atoms with Crippen LogP contribution in [0.1, 0.15) is 12.7 Å². The largest absolute Gasteiger partial charge is 0.495 e. The van der Waals surface area contributed by atoms with Crippen molar-refractivity contribution in [3.05, 3.63) is 39.9 Å². The Labute approximate surface area is 130 Å². The second-order valence-electron chi connectivity index (χ2n) is 4.16. The fraction of sp³-hybridized carbons (Fsp3) is 0.214. The van der Waals surface area contributed by atoms with Gasteiger partial charge < -0.3 is 19.8 Å². The highest BCUT2D eigenvalue weighted by Gasteiger charge is 2.06. The molecule has 0 aliphatic heterocycles.